The number of ether oxygens (including phenoxy) is 1. The third kappa shape index (κ3) is 4.54. The maximum atomic E-state index is 11.7. The van der Waals surface area contributed by atoms with Crippen molar-refractivity contribution in [2.75, 3.05) is 6.61 Å². The summed E-state index contributed by atoms with van der Waals surface area (Å²) in [5, 5.41) is 7.78. The van der Waals surface area contributed by atoms with Crippen LogP contribution in [0.4, 0.5) is 0 Å². The van der Waals surface area contributed by atoms with Gasteiger partial charge in [-0.15, -0.1) is 0 Å². The average Bonchev–Trinajstić information content (AvgIpc) is 3.15. The second-order valence-corrected chi connectivity index (χ2v) is 5.81. The van der Waals surface area contributed by atoms with Crippen LogP contribution < -0.4 is 10.2 Å². The van der Waals surface area contributed by atoms with Crippen molar-refractivity contribution in [2.24, 2.45) is 5.10 Å². The van der Waals surface area contributed by atoms with Gasteiger partial charge in [-0.3, -0.25) is 4.79 Å². The third-order valence-corrected chi connectivity index (χ3v) is 3.98. The van der Waals surface area contributed by atoms with E-state index >= 15 is 0 Å². The van der Waals surface area contributed by atoms with Crippen molar-refractivity contribution in [3.05, 3.63) is 77.0 Å². The maximum Gasteiger partial charge on any atom is 0.277 e. The van der Waals surface area contributed by atoms with E-state index in [4.69, 9.17) is 4.74 Å². The van der Waals surface area contributed by atoms with Gasteiger partial charge in [-0.25, -0.2) is 5.43 Å². The Morgan fingerprint density at radius 3 is 2.50 bits per heavy atom. The normalized spacial score (nSPS) is 10.7. The average molecular weight is 336 g/mol. The highest BCUT2D eigenvalue weighted by molar-refractivity contribution is 7.08. The number of carbonyl (C=O) groups is 1. The first-order valence-corrected chi connectivity index (χ1v) is 8.38. The van der Waals surface area contributed by atoms with Crippen LogP contribution in [0.15, 0.2) is 76.5 Å². The monoisotopic (exact) mass is 336 g/mol. The van der Waals surface area contributed by atoms with Crippen molar-refractivity contribution in [3.8, 4) is 16.9 Å². The number of carbonyl (C=O) groups excluding carboxylic acids is 1. The van der Waals surface area contributed by atoms with Gasteiger partial charge in [0.2, 0.25) is 0 Å². The SMILES string of the molecule is O=C(COc1ccc(-c2ccccc2)cc1)N/N=C/c1ccsc1. The molecule has 0 aliphatic carbocycles. The van der Waals surface area contributed by atoms with Gasteiger partial charge in [-0.05, 0) is 40.1 Å². The summed E-state index contributed by atoms with van der Waals surface area (Å²) in [4.78, 5) is 11.7. The smallest absolute Gasteiger partial charge is 0.277 e. The van der Waals surface area contributed by atoms with Crippen molar-refractivity contribution in [2.45, 2.75) is 0 Å². The van der Waals surface area contributed by atoms with Gasteiger partial charge in [-0.1, -0.05) is 42.5 Å². The Hall–Kier alpha value is -2.92. The number of nitrogens with zero attached hydrogens (tertiary/aromatic N) is 1. The fourth-order valence-electron chi connectivity index (χ4n) is 2.08. The first-order chi connectivity index (χ1) is 11.8. The largest absolute Gasteiger partial charge is 0.484 e. The van der Waals surface area contributed by atoms with Crippen molar-refractivity contribution in [1.29, 1.82) is 0 Å². The molecule has 0 spiro atoms. The summed E-state index contributed by atoms with van der Waals surface area (Å²) in [6.07, 6.45) is 1.60. The van der Waals surface area contributed by atoms with Gasteiger partial charge >= 0.3 is 0 Å². The fraction of sp³-hybridized carbons (Fsp3) is 0.0526. The summed E-state index contributed by atoms with van der Waals surface area (Å²) in [5.74, 6) is 0.347. The summed E-state index contributed by atoms with van der Waals surface area (Å²) in [6.45, 7) is -0.0777. The molecular weight excluding hydrogens is 320 g/mol. The molecule has 1 N–H and O–H groups in total. The number of nitrogens with one attached hydrogen (secondary N) is 1. The van der Waals surface area contributed by atoms with Crippen molar-refractivity contribution in [1.82, 2.24) is 5.43 Å². The zero-order valence-corrected chi connectivity index (χ0v) is 13.7. The van der Waals surface area contributed by atoms with E-state index in [9.17, 15) is 4.79 Å². The van der Waals surface area contributed by atoms with Gasteiger partial charge in [0.05, 0.1) is 6.21 Å². The molecule has 0 fully saturated rings. The van der Waals surface area contributed by atoms with E-state index in [1.54, 1.807) is 17.6 Å². The van der Waals surface area contributed by atoms with E-state index in [1.807, 2.05) is 59.3 Å². The molecule has 120 valence electrons. The standard InChI is InChI=1S/C19H16N2O2S/c22-19(21-20-12-15-10-11-24-14-15)13-23-18-8-6-17(7-9-18)16-4-2-1-3-5-16/h1-12,14H,13H2,(H,21,22)/b20-12+. The molecule has 1 heterocycles. The van der Waals surface area contributed by atoms with Gasteiger partial charge in [0.25, 0.3) is 5.91 Å². The molecule has 0 radical (unpaired) electrons. The van der Waals surface area contributed by atoms with Crippen molar-refractivity contribution < 1.29 is 9.53 Å². The first-order valence-electron chi connectivity index (χ1n) is 7.44. The molecule has 1 amide bonds. The number of hydrogen-bond donors (Lipinski definition) is 1. The Kier molecular flexibility index (Phi) is 5.37. The lowest BCUT2D eigenvalue weighted by Gasteiger charge is -2.06. The zero-order chi connectivity index (χ0) is 16.6. The third-order valence-electron chi connectivity index (χ3n) is 3.28. The second-order valence-electron chi connectivity index (χ2n) is 5.03. The highest BCUT2D eigenvalue weighted by atomic mass is 32.1. The van der Waals surface area contributed by atoms with Crippen LogP contribution in [0.2, 0.25) is 0 Å². The zero-order valence-electron chi connectivity index (χ0n) is 12.9. The fourth-order valence-corrected chi connectivity index (χ4v) is 2.69. The molecule has 0 saturated carbocycles. The molecule has 0 saturated heterocycles. The van der Waals surface area contributed by atoms with Crippen LogP contribution in [-0.4, -0.2) is 18.7 Å². The maximum absolute atomic E-state index is 11.7. The van der Waals surface area contributed by atoms with E-state index in [0.29, 0.717) is 5.75 Å². The summed E-state index contributed by atoms with van der Waals surface area (Å²) in [5.41, 5.74) is 5.64. The van der Waals surface area contributed by atoms with Crippen LogP contribution in [-0.2, 0) is 4.79 Å². The summed E-state index contributed by atoms with van der Waals surface area (Å²) in [7, 11) is 0. The molecule has 0 unspecified atom stereocenters. The van der Waals surface area contributed by atoms with Gasteiger partial charge in [0.1, 0.15) is 5.75 Å². The molecule has 2 aromatic carbocycles. The van der Waals surface area contributed by atoms with E-state index < -0.39 is 0 Å². The number of rotatable bonds is 6. The molecule has 5 heteroatoms. The van der Waals surface area contributed by atoms with E-state index in [0.717, 1.165) is 16.7 Å². The molecule has 4 nitrogen and oxygen atoms in total. The Morgan fingerprint density at radius 1 is 1.04 bits per heavy atom. The summed E-state index contributed by atoms with van der Waals surface area (Å²) < 4.78 is 5.46. The minimum Gasteiger partial charge on any atom is -0.484 e. The van der Waals surface area contributed by atoms with Crippen LogP contribution in [0.25, 0.3) is 11.1 Å². The Labute approximate surface area is 144 Å². The Balaban J connectivity index is 1.48. The molecule has 1 aromatic heterocycles. The van der Waals surface area contributed by atoms with Crippen molar-refractivity contribution >= 4 is 23.5 Å². The van der Waals surface area contributed by atoms with Gasteiger partial charge in [-0.2, -0.15) is 16.4 Å². The molecule has 0 bridgehead atoms. The minimum absolute atomic E-state index is 0.0777. The highest BCUT2D eigenvalue weighted by Gasteiger charge is 2.02. The van der Waals surface area contributed by atoms with E-state index in [1.165, 1.54) is 0 Å². The lowest BCUT2D eigenvalue weighted by atomic mass is 10.1. The van der Waals surface area contributed by atoms with Crippen LogP contribution >= 0.6 is 11.3 Å². The van der Waals surface area contributed by atoms with Crippen LogP contribution in [0, 0.1) is 0 Å². The quantitative estimate of drug-likeness (QED) is 0.547. The molecule has 24 heavy (non-hydrogen) atoms. The molecule has 3 aromatic rings. The Morgan fingerprint density at radius 2 is 1.79 bits per heavy atom. The topological polar surface area (TPSA) is 50.7 Å². The predicted octanol–water partition coefficient (Wildman–Crippen LogP) is 3.94. The number of hydrazone groups is 1. The Bertz CT molecular complexity index is 797. The minimum atomic E-state index is -0.298. The summed E-state index contributed by atoms with van der Waals surface area (Å²) in [6, 6.07) is 19.7. The van der Waals surface area contributed by atoms with Crippen LogP contribution in [0.5, 0.6) is 5.75 Å². The predicted molar refractivity (Wildman–Crippen MR) is 97.4 cm³/mol. The molecule has 3 rings (SSSR count). The summed E-state index contributed by atoms with van der Waals surface area (Å²) >= 11 is 1.58. The lowest BCUT2D eigenvalue weighted by molar-refractivity contribution is -0.123. The molecular formula is C19H16N2O2S. The first kappa shape index (κ1) is 16.0. The van der Waals surface area contributed by atoms with E-state index in [2.05, 4.69) is 22.7 Å². The van der Waals surface area contributed by atoms with Crippen LogP contribution in [0.3, 0.4) is 0 Å². The van der Waals surface area contributed by atoms with Gasteiger partial charge in [0, 0.05) is 5.56 Å². The van der Waals surface area contributed by atoms with Crippen molar-refractivity contribution in [3.63, 3.8) is 0 Å². The number of thiophene rings is 1. The number of amides is 1. The molecule has 0 aliphatic heterocycles. The second kappa shape index (κ2) is 8.08. The van der Waals surface area contributed by atoms with Gasteiger partial charge in [0.15, 0.2) is 6.61 Å². The lowest BCUT2D eigenvalue weighted by Crippen LogP contribution is -2.24. The van der Waals surface area contributed by atoms with E-state index in [-0.39, 0.29) is 12.5 Å². The number of hydrogen-bond acceptors (Lipinski definition) is 4. The highest BCUT2D eigenvalue weighted by Crippen LogP contribution is 2.21. The molecule has 0 atom stereocenters. The molecule has 0 aliphatic rings. The van der Waals surface area contributed by atoms with Crippen LogP contribution in [0.1, 0.15) is 5.56 Å². The number of benzene rings is 2. The van der Waals surface area contributed by atoms with Gasteiger partial charge < -0.3 is 4.74 Å².